The molecule has 4 nitrogen and oxygen atoms in total. The van der Waals surface area contributed by atoms with Crippen molar-refractivity contribution in [1.82, 2.24) is 10.6 Å². The van der Waals surface area contributed by atoms with Gasteiger partial charge in [0, 0.05) is 20.1 Å². The monoisotopic (exact) mass is 214 g/mol. The second-order valence-electron chi connectivity index (χ2n) is 4.28. The third-order valence-corrected chi connectivity index (χ3v) is 3.05. The summed E-state index contributed by atoms with van der Waals surface area (Å²) in [6.07, 6.45) is 1.54. The standard InChI is InChI=1S/C11H22N2O2/c1-9-7-12-8-10(9)3-5-13-11(14)4-6-15-2/h9-10,12H,3-8H2,1-2H3,(H,13,14)/t9-,10-/m1/s1. The van der Waals surface area contributed by atoms with Crippen molar-refractivity contribution in [3.8, 4) is 0 Å². The van der Waals surface area contributed by atoms with Crippen LogP contribution in [-0.4, -0.2) is 39.3 Å². The maximum absolute atomic E-state index is 11.3. The number of carbonyl (C=O) groups is 1. The van der Waals surface area contributed by atoms with Crippen molar-refractivity contribution >= 4 is 5.91 Å². The van der Waals surface area contributed by atoms with Gasteiger partial charge in [-0.1, -0.05) is 6.92 Å². The summed E-state index contributed by atoms with van der Waals surface area (Å²) in [5.74, 6) is 1.55. The average molecular weight is 214 g/mol. The topological polar surface area (TPSA) is 50.4 Å². The Kier molecular flexibility index (Phi) is 5.65. The normalized spacial score (nSPS) is 25.5. The molecule has 1 saturated heterocycles. The molecule has 0 aromatic heterocycles. The molecule has 4 heteroatoms. The zero-order valence-corrected chi connectivity index (χ0v) is 9.71. The Bertz CT molecular complexity index is 197. The molecule has 0 radical (unpaired) electrons. The van der Waals surface area contributed by atoms with Crippen molar-refractivity contribution < 1.29 is 9.53 Å². The van der Waals surface area contributed by atoms with E-state index in [2.05, 4.69) is 17.6 Å². The van der Waals surface area contributed by atoms with Gasteiger partial charge in [-0.25, -0.2) is 0 Å². The summed E-state index contributed by atoms with van der Waals surface area (Å²) < 4.78 is 4.84. The van der Waals surface area contributed by atoms with Crippen LogP contribution in [0.5, 0.6) is 0 Å². The molecule has 1 aliphatic heterocycles. The molecule has 88 valence electrons. The average Bonchev–Trinajstić information content (AvgIpc) is 2.61. The van der Waals surface area contributed by atoms with Crippen LogP contribution in [0.2, 0.25) is 0 Å². The van der Waals surface area contributed by atoms with Crippen molar-refractivity contribution in [3.63, 3.8) is 0 Å². The predicted octanol–water partition coefficient (Wildman–Crippen LogP) is 0.385. The first-order valence-corrected chi connectivity index (χ1v) is 5.70. The fourth-order valence-corrected chi connectivity index (χ4v) is 1.93. The smallest absolute Gasteiger partial charge is 0.222 e. The Morgan fingerprint density at radius 1 is 1.53 bits per heavy atom. The number of hydrogen-bond acceptors (Lipinski definition) is 3. The SMILES string of the molecule is COCCC(=O)NCC[C@@H]1CNC[C@H]1C. The van der Waals surface area contributed by atoms with E-state index in [0.717, 1.165) is 32.0 Å². The van der Waals surface area contributed by atoms with Gasteiger partial charge >= 0.3 is 0 Å². The van der Waals surface area contributed by atoms with Gasteiger partial charge in [0.15, 0.2) is 0 Å². The van der Waals surface area contributed by atoms with E-state index in [0.29, 0.717) is 18.9 Å². The third-order valence-electron chi connectivity index (χ3n) is 3.05. The minimum absolute atomic E-state index is 0.0930. The first kappa shape index (κ1) is 12.5. The van der Waals surface area contributed by atoms with Gasteiger partial charge in [-0.3, -0.25) is 4.79 Å². The molecular weight excluding hydrogens is 192 g/mol. The van der Waals surface area contributed by atoms with E-state index in [1.807, 2.05) is 0 Å². The molecule has 0 aromatic rings. The molecule has 0 spiro atoms. The lowest BCUT2D eigenvalue weighted by Gasteiger charge is -2.14. The van der Waals surface area contributed by atoms with Gasteiger partial charge in [0.05, 0.1) is 6.61 Å². The summed E-state index contributed by atoms with van der Waals surface area (Å²) >= 11 is 0. The highest BCUT2D eigenvalue weighted by Gasteiger charge is 2.22. The first-order valence-electron chi connectivity index (χ1n) is 5.70. The number of methoxy groups -OCH3 is 1. The molecule has 0 bridgehead atoms. The molecule has 0 aliphatic carbocycles. The summed E-state index contributed by atoms with van der Waals surface area (Å²) in [5, 5.41) is 6.28. The van der Waals surface area contributed by atoms with Crippen molar-refractivity contribution in [2.24, 2.45) is 11.8 Å². The van der Waals surface area contributed by atoms with Gasteiger partial charge in [-0.15, -0.1) is 0 Å². The van der Waals surface area contributed by atoms with Crippen LogP contribution in [0.3, 0.4) is 0 Å². The van der Waals surface area contributed by atoms with E-state index in [-0.39, 0.29) is 5.91 Å². The third kappa shape index (κ3) is 4.62. The number of ether oxygens (including phenoxy) is 1. The van der Waals surface area contributed by atoms with E-state index in [1.54, 1.807) is 7.11 Å². The van der Waals surface area contributed by atoms with E-state index in [4.69, 9.17) is 4.74 Å². The quantitative estimate of drug-likeness (QED) is 0.672. The molecule has 1 amide bonds. The summed E-state index contributed by atoms with van der Waals surface area (Å²) in [5.41, 5.74) is 0. The Balaban J connectivity index is 2.02. The van der Waals surface area contributed by atoms with Crippen molar-refractivity contribution in [2.45, 2.75) is 19.8 Å². The predicted molar refractivity (Wildman–Crippen MR) is 59.6 cm³/mol. The van der Waals surface area contributed by atoms with E-state index in [1.165, 1.54) is 0 Å². The van der Waals surface area contributed by atoms with Crippen LogP contribution < -0.4 is 10.6 Å². The molecule has 0 aromatic carbocycles. The lowest BCUT2D eigenvalue weighted by molar-refractivity contribution is -0.122. The van der Waals surface area contributed by atoms with Crippen LogP contribution in [0.4, 0.5) is 0 Å². The maximum Gasteiger partial charge on any atom is 0.222 e. The second-order valence-corrected chi connectivity index (χ2v) is 4.28. The van der Waals surface area contributed by atoms with Crippen molar-refractivity contribution in [3.05, 3.63) is 0 Å². The number of nitrogens with one attached hydrogen (secondary N) is 2. The molecule has 1 fully saturated rings. The molecule has 1 heterocycles. The molecule has 2 atom stereocenters. The zero-order valence-electron chi connectivity index (χ0n) is 9.71. The van der Waals surface area contributed by atoms with E-state index in [9.17, 15) is 4.79 Å². The molecule has 1 aliphatic rings. The fraction of sp³-hybridized carbons (Fsp3) is 0.909. The molecular formula is C11H22N2O2. The summed E-state index contributed by atoms with van der Waals surface area (Å²) in [4.78, 5) is 11.3. The van der Waals surface area contributed by atoms with Gasteiger partial charge in [0.2, 0.25) is 5.91 Å². The molecule has 15 heavy (non-hydrogen) atoms. The first-order chi connectivity index (χ1) is 7.24. The van der Waals surface area contributed by atoms with Crippen LogP contribution in [-0.2, 0) is 9.53 Å². The largest absolute Gasteiger partial charge is 0.384 e. The van der Waals surface area contributed by atoms with Gasteiger partial charge < -0.3 is 15.4 Å². The van der Waals surface area contributed by atoms with E-state index < -0.39 is 0 Å². The summed E-state index contributed by atoms with van der Waals surface area (Å²) in [7, 11) is 1.61. The van der Waals surface area contributed by atoms with E-state index >= 15 is 0 Å². The van der Waals surface area contributed by atoms with Crippen LogP contribution in [0.15, 0.2) is 0 Å². The maximum atomic E-state index is 11.3. The molecule has 2 N–H and O–H groups in total. The van der Waals surface area contributed by atoms with Crippen LogP contribution in [0.1, 0.15) is 19.8 Å². The lowest BCUT2D eigenvalue weighted by atomic mass is 9.95. The van der Waals surface area contributed by atoms with Crippen molar-refractivity contribution in [1.29, 1.82) is 0 Å². The Morgan fingerprint density at radius 3 is 2.93 bits per heavy atom. The Morgan fingerprint density at radius 2 is 2.33 bits per heavy atom. The zero-order chi connectivity index (χ0) is 11.1. The minimum atomic E-state index is 0.0930. The van der Waals surface area contributed by atoms with Gasteiger partial charge in [0.1, 0.15) is 0 Å². The number of amides is 1. The highest BCUT2D eigenvalue weighted by molar-refractivity contribution is 5.75. The number of hydrogen-bond donors (Lipinski definition) is 2. The van der Waals surface area contributed by atoms with Crippen molar-refractivity contribution in [2.75, 3.05) is 33.4 Å². The highest BCUT2D eigenvalue weighted by Crippen LogP contribution is 2.18. The van der Waals surface area contributed by atoms with Crippen LogP contribution in [0.25, 0.3) is 0 Å². The Labute approximate surface area is 91.8 Å². The van der Waals surface area contributed by atoms with Gasteiger partial charge in [0.25, 0.3) is 0 Å². The Hall–Kier alpha value is -0.610. The molecule has 0 unspecified atom stereocenters. The van der Waals surface area contributed by atoms with Crippen LogP contribution >= 0.6 is 0 Å². The van der Waals surface area contributed by atoms with Gasteiger partial charge in [-0.05, 0) is 31.3 Å². The minimum Gasteiger partial charge on any atom is -0.384 e. The highest BCUT2D eigenvalue weighted by atomic mass is 16.5. The molecule has 1 rings (SSSR count). The van der Waals surface area contributed by atoms with Gasteiger partial charge in [-0.2, -0.15) is 0 Å². The number of carbonyl (C=O) groups excluding carboxylic acids is 1. The second kappa shape index (κ2) is 6.80. The number of rotatable bonds is 6. The van der Waals surface area contributed by atoms with Crippen LogP contribution in [0, 0.1) is 11.8 Å². The lowest BCUT2D eigenvalue weighted by Crippen LogP contribution is -2.27. The summed E-state index contributed by atoms with van der Waals surface area (Å²) in [6, 6.07) is 0. The molecule has 0 saturated carbocycles. The fourth-order valence-electron chi connectivity index (χ4n) is 1.93. The summed E-state index contributed by atoms with van der Waals surface area (Å²) in [6.45, 7) is 5.77.